The number of hydrogen-bond donors (Lipinski definition) is 1. The third kappa shape index (κ3) is 1.27. The Hall–Kier alpha value is -1.95. The summed E-state index contributed by atoms with van der Waals surface area (Å²) >= 11 is 1.35. The maximum atomic E-state index is 5.58. The van der Waals surface area contributed by atoms with Gasteiger partial charge in [-0.3, -0.25) is 4.68 Å². The van der Waals surface area contributed by atoms with Gasteiger partial charge in [0.1, 0.15) is 5.69 Å². The molecule has 16 heavy (non-hydrogen) atoms. The lowest BCUT2D eigenvalue weighted by Gasteiger charge is -1.90. The number of anilines is 1. The van der Waals surface area contributed by atoms with E-state index in [1.54, 1.807) is 0 Å². The van der Waals surface area contributed by atoms with Gasteiger partial charge in [-0.05, 0) is 6.07 Å². The Morgan fingerprint density at radius 3 is 2.81 bits per heavy atom. The van der Waals surface area contributed by atoms with Crippen LogP contribution in [-0.2, 0) is 7.05 Å². The zero-order chi connectivity index (χ0) is 11.1. The van der Waals surface area contributed by atoms with E-state index in [9.17, 15) is 0 Å². The first-order valence-electron chi connectivity index (χ1n) is 4.77. The maximum Gasteiger partial charge on any atom is 0.203 e. The fourth-order valence-corrected chi connectivity index (χ4v) is 2.31. The van der Waals surface area contributed by atoms with E-state index in [4.69, 9.17) is 5.73 Å². The van der Waals surface area contributed by atoms with Crippen molar-refractivity contribution in [3.05, 3.63) is 24.3 Å². The smallest absolute Gasteiger partial charge is 0.203 e. The summed E-state index contributed by atoms with van der Waals surface area (Å²) in [5, 5.41) is 14.6. The normalized spacial score (nSPS) is 11.1. The molecule has 0 amide bonds. The van der Waals surface area contributed by atoms with Crippen LogP contribution in [0.5, 0.6) is 0 Å². The minimum Gasteiger partial charge on any atom is -0.374 e. The van der Waals surface area contributed by atoms with Gasteiger partial charge in [0.05, 0.1) is 5.52 Å². The molecule has 5 nitrogen and oxygen atoms in total. The summed E-state index contributed by atoms with van der Waals surface area (Å²) in [6.07, 6.45) is 0. The minimum atomic E-state index is 0.463. The monoisotopic (exact) mass is 231 g/mol. The molecule has 0 aliphatic rings. The molecular weight excluding hydrogens is 222 g/mol. The van der Waals surface area contributed by atoms with Crippen molar-refractivity contribution in [1.82, 2.24) is 20.0 Å². The van der Waals surface area contributed by atoms with Gasteiger partial charge in [0.2, 0.25) is 5.13 Å². The lowest BCUT2D eigenvalue weighted by atomic mass is 10.2. The average Bonchev–Trinajstić information content (AvgIpc) is 2.84. The number of rotatable bonds is 1. The van der Waals surface area contributed by atoms with Crippen LogP contribution in [-0.4, -0.2) is 20.0 Å². The van der Waals surface area contributed by atoms with Crippen LogP contribution in [0.15, 0.2) is 24.3 Å². The fraction of sp³-hybridized carbons (Fsp3) is 0.100. The van der Waals surface area contributed by atoms with E-state index in [2.05, 4.69) is 15.3 Å². The first kappa shape index (κ1) is 9.29. The second kappa shape index (κ2) is 3.28. The first-order valence-corrected chi connectivity index (χ1v) is 5.58. The number of aryl methyl sites for hydroxylation is 1. The molecule has 2 N–H and O–H groups in total. The standard InChI is InChI=1S/C10H9N5S/c1-15-7-5-3-2-4-6(7)8(14-15)9-12-13-10(11)16-9/h2-5H,1H3,(H2,11,13). The Balaban J connectivity index is 2.32. The molecule has 6 heteroatoms. The molecule has 0 aliphatic carbocycles. The van der Waals surface area contributed by atoms with Crippen LogP contribution in [0.4, 0.5) is 5.13 Å². The van der Waals surface area contributed by atoms with Crippen LogP contribution in [0, 0.1) is 0 Å². The number of nitrogen functional groups attached to an aromatic ring is 1. The highest BCUT2D eigenvalue weighted by Gasteiger charge is 2.13. The molecule has 0 fully saturated rings. The molecule has 1 aromatic carbocycles. The molecule has 2 aromatic heterocycles. The Kier molecular flexibility index (Phi) is 1.90. The van der Waals surface area contributed by atoms with E-state index in [0.717, 1.165) is 21.6 Å². The van der Waals surface area contributed by atoms with Crippen molar-refractivity contribution in [3.8, 4) is 10.7 Å². The van der Waals surface area contributed by atoms with E-state index in [1.807, 2.05) is 36.0 Å². The van der Waals surface area contributed by atoms with E-state index in [0.29, 0.717) is 5.13 Å². The quantitative estimate of drug-likeness (QED) is 0.691. The largest absolute Gasteiger partial charge is 0.374 e. The lowest BCUT2D eigenvalue weighted by molar-refractivity contribution is 0.799. The highest BCUT2D eigenvalue weighted by Crippen LogP contribution is 2.29. The summed E-state index contributed by atoms with van der Waals surface area (Å²) in [4.78, 5) is 0. The summed E-state index contributed by atoms with van der Waals surface area (Å²) in [5.74, 6) is 0. The van der Waals surface area contributed by atoms with Crippen molar-refractivity contribution in [2.75, 3.05) is 5.73 Å². The number of benzene rings is 1. The second-order valence-electron chi connectivity index (χ2n) is 3.43. The van der Waals surface area contributed by atoms with Crippen LogP contribution < -0.4 is 5.73 Å². The summed E-state index contributed by atoms with van der Waals surface area (Å²) < 4.78 is 1.84. The third-order valence-corrected chi connectivity index (χ3v) is 3.16. The molecule has 0 bridgehead atoms. The molecule has 0 radical (unpaired) electrons. The van der Waals surface area contributed by atoms with Gasteiger partial charge in [0.25, 0.3) is 0 Å². The van der Waals surface area contributed by atoms with Crippen LogP contribution in [0.25, 0.3) is 21.6 Å². The number of aromatic nitrogens is 4. The van der Waals surface area contributed by atoms with Gasteiger partial charge >= 0.3 is 0 Å². The molecule has 2 heterocycles. The molecule has 80 valence electrons. The van der Waals surface area contributed by atoms with Gasteiger partial charge in [0.15, 0.2) is 5.01 Å². The van der Waals surface area contributed by atoms with E-state index < -0.39 is 0 Å². The highest BCUT2D eigenvalue weighted by molar-refractivity contribution is 7.18. The molecule has 3 rings (SSSR count). The second-order valence-corrected chi connectivity index (χ2v) is 4.44. The summed E-state index contributed by atoms with van der Waals surface area (Å²) in [5.41, 5.74) is 7.49. The molecular formula is C10H9N5S. The molecule has 0 unspecified atom stereocenters. The van der Waals surface area contributed by atoms with Gasteiger partial charge < -0.3 is 5.73 Å². The van der Waals surface area contributed by atoms with E-state index in [1.165, 1.54) is 11.3 Å². The number of hydrogen-bond acceptors (Lipinski definition) is 5. The zero-order valence-electron chi connectivity index (χ0n) is 8.58. The minimum absolute atomic E-state index is 0.463. The molecule has 0 saturated heterocycles. The topological polar surface area (TPSA) is 69.6 Å². The van der Waals surface area contributed by atoms with Crippen LogP contribution >= 0.6 is 11.3 Å². The lowest BCUT2D eigenvalue weighted by Crippen LogP contribution is -1.89. The van der Waals surface area contributed by atoms with Crippen molar-refractivity contribution in [1.29, 1.82) is 0 Å². The van der Waals surface area contributed by atoms with Crippen molar-refractivity contribution in [2.24, 2.45) is 7.05 Å². The molecule has 3 aromatic rings. The van der Waals surface area contributed by atoms with Crippen molar-refractivity contribution >= 4 is 27.4 Å². The number of nitrogens with zero attached hydrogens (tertiary/aromatic N) is 4. The first-order chi connectivity index (χ1) is 7.75. The third-order valence-electron chi connectivity index (χ3n) is 2.40. The average molecular weight is 231 g/mol. The van der Waals surface area contributed by atoms with Crippen LogP contribution in [0.1, 0.15) is 0 Å². The summed E-state index contributed by atoms with van der Waals surface area (Å²) in [7, 11) is 1.91. The zero-order valence-corrected chi connectivity index (χ0v) is 9.40. The van der Waals surface area contributed by atoms with Gasteiger partial charge in [-0.15, -0.1) is 10.2 Å². The van der Waals surface area contributed by atoms with Gasteiger partial charge in [0, 0.05) is 12.4 Å². The Morgan fingerprint density at radius 1 is 1.25 bits per heavy atom. The number of fused-ring (bicyclic) bond motifs is 1. The molecule has 0 saturated carbocycles. The predicted octanol–water partition coefficient (Wildman–Crippen LogP) is 1.67. The van der Waals surface area contributed by atoms with Crippen molar-refractivity contribution in [3.63, 3.8) is 0 Å². The van der Waals surface area contributed by atoms with Crippen molar-refractivity contribution < 1.29 is 0 Å². The number of nitrogens with two attached hydrogens (primary N) is 1. The van der Waals surface area contributed by atoms with Gasteiger partial charge in [-0.2, -0.15) is 5.10 Å². The predicted molar refractivity (Wildman–Crippen MR) is 64.0 cm³/mol. The molecule has 0 atom stereocenters. The fourth-order valence-electron chi connectivity index (χ4n) is 1.70. The highest BCUT2D eigenvalue weighted by atomic mass is 32.1. The molecule has 0 aliphatic heterocycles. The van der Waals surface area contributed by atoms with Gasteiger partial charge in [-0.25, -0.2) is 0 Å². The SMILES string of the molecule is Cn1nc(-c2nnc(N)s2)c2ccccc21. The summed E-state index contributed by atoms with van der Waals surface area (Å²) in [6.45, 7) is 0. The molecule has 0 spiro atoms. The van der Waals surface area contributed by atoms with Crippen LogP contribution in [0.3, 0.4) is 0 Å². The Morgan fingerprint density at radius 2 is 2.06 bits per heavy atom. The van der Waals surface area contributed by atoms with E-state index in [-0.39, 0.29) is 0 Å². The Labute approximate surface area is 95.5 Å². The maximum absolute atomic E-state index is 5.58. The van der Waals surface area contributed by atoms with Crippen LogP contribution in [0.2, 0.25) is 0 Å². The van der Waals surface area contributed by atoms with Crippen molar-refractivity contribution in [2.45, 2.75) is 0 Å². The van der Waals surface area contributed by atoms with E-state index >= 15 is 0 Å². The van der Waals surface area contributed by atoms with Gasteiger partial charge in [-0.1, -0.05) is 29.5 Å². The number of para-hydroxylation sites is 1. The Bertz CT molecular complexity index is 654. The summed E-state index contributed by atoms with van der Waals surface area (Å²) in [6, 6.07) is 8.02.